The lowest BCUT2D eigenvalue weighted by Crippen LogP contribution is -2.36. The van der Waals surface area contributed by atoms with Crippen molar-refractivity contribution in [1.29, 1.82) is 0 Å². The zero-order chi connectivity index (χ0) is 17.6. The summed E-state index contributed by atoms with van der Waals surface area (Å²) in [7, 11) is 3.22. The minimum absolute atomic E-state index is 0.00922. The molecule has 1 aromatic carbocycles. The summed E-state index contributed by atoms with van der Waals surface area (Å²) in [5.74, 6) is 1.38. The number of rotatable bonds is 5. The molecule has 25 heavy (non-hydrogen) atoms. The van der Waals surface area contributed by atoms with Gasteiger partial charge in [-0.2, -0.15) is 0 Å². The molecule has 0 atom stereocenters. The lowest BCUT2D eigenvalue weighted by atomic mass is 10.1. The summed E-state index contributed by atoms with van der Waals surface area (Å²) in [6.07, 6.45) is 4.96. The van der Waals surface area contributed by atoms with Crippen LogP contribution in [0.5, 0.6) is 11.5 Å². The number of hydrogen-bond donors (Lipinski definition) is 1. The fourth-order valence-corrected chi connectivity index (χ4v) is 2.94. The van der Waals surface area contributed by atoms with Crippen molar-refractivity contribution in [3.8, 4) is 11.5 Å². The third kappa shape index (κ3) is 4.02. The Morgan fingerprint density at radius 2 is 1.88 bits per heavy atom. The van der Waals surface area contributed by atoms with Gasteiger partial charge < -0.3 is 19.7 Å². The average Bonchev–Trinajstić information content (AvgIpc) is 2.68. The zero-order valence-corrected chi connectivity index (χ0v) is 14.6. The number of nitrogens with one attached hydrogen (secondary N) is 1. The monoisotopic (exact) mass is 341 g/mol. The van der Waals surface area contributed by atoms with Gasteiger partial charge in [-0.05, 0) is 43.5 Å². The van der Waals surface area contributed by atoms with Gasteiger partial charge in [-0.25, -0.2) is 0 Å². The van der Waals surface area contributed by atoms with E-state index in [0.29, 0.717) is 11.4 Å². The van der Waals surface area contributed by atoms with Crippen molar-refractivity contribution in [3.63, 3.8) is 0 Å². The summed E-state index contributed by atoms with van der Waals surface area (Å²) in [4.78, 5) is 18.7. The number of benzene rings is 1. The van der Waals surface area contributed by atoms with Crippen molar-refractivity contribution in [2.24, 2.45) is 0 Å². The van der Waals surface area contributed by atoms with E-state index < -0.39 is 0 Å². The lowest BCUT2D eigenvalue weighted by molar-refractivity contribution is 0.0718. The maximum Gasteiger partial charge on any atom is 0.272 e. The number of carbonyl (C=O) groups excluding carboxylic acids is 1. The van der Waals surface area contributed by atoms with Crippen LogP contribution in [-0.2, 0) is 0 Å². The van der Waals surface area contributed by atoms with Gasteiger partial charge in [-0.3, -0.25) is 9.78 Å². The molecule has 0 radical (unpaired) electrons. The van der Waals surface area contributed by atoms with E-state index in [1.165, 1.54) is 6.42 Å². The first-order valence-electron chi connectivity index (χ1n) is 8.45. The highest BCUT2D eigenvalue weighted by Crippen LogP contribution is 2.31. The second kappa shape index (κ2) is 7.88. The van der Waals surface area contributed by atoms with Crippen LogP contribution in [0.2, 0.25) is 0 Å². The molecule has 1 N–H and O–H groups in total. The number of ether oxygens (including phenoxy) is 2. The molecule has 1 amide bonds. The summed E-state index contributed by atoms with van der Waals surface area (Å²) in [6.45, 7) is 1.62. The molecular weight excluding hydrogens is 318 g/mol. The van der Waals surface area contributed by atoms with Gasteiger partial charge in [0.25, 0.3) is 5.91 Å². The Kier molecular flexibility index (Phi) is 5.38. The van der Waals surface area contributed by atoms with Crippen molar-refractivity contribution in [1.82, 2.24) is 9.88 Å². The molecule has 2 heterocycles. The highest BCUT2D eigenvalue weighted by molar-refractivity contribution is 5.93. The van der Waals surface area contributed by atoms with E-state index in [1.54, 1.807) is 26.5 Å². The Morgan fingerprint density at radius 1 is 1.08 bits per heavy atom. The Bertz CT molecular complexity index is 742. The number of piperidine rings is 1. The van der Waals surface area contributed by atoms with E-state index in [4.69, 9.17) is 9.47 Å². The second-order valence-electron chi connectivity index (χ2n) is 5.97. The van der Waals surface area contributed by atoms with E-state index >= 15 is 0 Å². The summed E-state index contributed by atoms with van der Waals surface area (Å²) < 4.78 is 10.6. The summed E-state index contributed by atoms with van der Waals surface area (Å²) >= 11 is 0. The normalized spacial score (nSPS) is 14.1. The fraction of sp³-hybridized carbons (Fsp3) is 0.368. The average molecular weight is 341 g/mol. The first-order chi connectivity index (χ1) is 12.2. The molecule has 0 unspecified atom stereocenters. The van der Waals surface area contributed by atoms with Crippen LogP contribution in [0.15, 0.2) is 36.5 Å². The predicted octanol–water partition coefficient (Wildman–Crippen LogP) is 3.47. The van der Waals surface area contributed by atoms with Crippen LogP contribution in [0.3, 0.4) is 0 Å². The minimum atomic E-state index is -0.00922. The minimum Gasteiger partial charge on any atom is -0.497 e. The van der Waals surface area contributed by atoms with Crippen molar-refractivity contribution in [2.75, 3.05) is 32.6 Å². The molecule has 1 aliphatic rings. The molecule has 1 fully saturated rings. The van der Waals surface area contributed by atoms with Crippen LogP contribution < -0.4 is 14.8 Å². The highest BCUT2D eigenvalue weighted by atomic mass is 16.5. The van der Waals surface area contributed by atoms with Crippen molar-refractivity contribution in [3.05, 3.63) is 42.2 Å². The number of amides is 1. The number of carbonyl (C=O) groups is 1. The van der Waals surface area contributed by atoms with Gasteiger partial charge in [-0.1, -0.05) is 0 Å². The van der Waals surface area contributed by atoms with Crippen LogP contribution in [0.4, 0.5) is 11.4 Å². The van der Waals surface area contributed by atoms with Crippen LogP contribution in [0.25, 0.3) is 0 Å². The largest absolute Gasteiger partial charge is 0.497 e. The fourth-order valence-electron chi connectivity index (χ4n) is 2.94. The second-order valence-corrected chi connectivity index (χ2v) is 5.97. The smallest absolute Gasteiger partial charge is 0.272 e. The van der Waals surface area contributed by atoms with Gasteiger partial charge in [0.15, 0.2) is 0 Å². The molecule has 6 heteroatoms. The Morgan fingerprint density at radius 3 is 2.60 bits per heavy atom. The van der Waals surface area contributed by atoms with E-state index in [0.717, 1.165) is 43.1 Å². The third-order valence-corrected chi connectivity index (χ3v) is 4.31. The third-order valence-electron chi connectivity index (χ3n) is 4.31. The number of anilines is 2. The molecular formula is C19H23N3O3. The van der Waals surface area contributed by atoms with Crippen LogP contribution in [0, 0.1) is 0 Å². The molecule has 132 valence electrons. The van der Waals surface area contributed by atoms with Gasteiger partial charge >= 0.3 is 0 Å². The molecule has 2 aromatic rings. The van der Waals surface area contributed by atoms with E-state index in [1.807, 2.05) is 29.2 Å². The summed E-state index contributed by atoms with van der Waals surface area (Å²) in [6, 6.07) is 9.15. The Labute approximate surface area is 147 Å². The van der Waals surface area contributed by atoms with Gasteiger partial charge in [0.1, 0.15) is 17.2 Å². The lowest BCUT2D eigenvalue weighted by Gasteiger charge is -2.26. The molecule has 0 bridgehead atoms. The van der Waals surface area contributed by atoms with Gasteiger partial charge in [0, 0.05) is 31.0 Å². The Balaban J connectivity index is 1.79. The number of likely N-dealkylation sites (tertiary alicyclic amines) is 1. The topological polar surface area (TPSA) is 63.7 Å². The van der Waals surface area contributed by atoms with Gasteiger partial charge in [0.05, 0.1) is 19.9 Å². The number of pyridine rings is 1. The van der Waals surface area contributed by atoms with Crippen molar-refractivity contribution >= 4 is 17.3 Å². The van der Waals surface area contributed by atoms with Crippen molar-refractivity contribution in [2.45, 2.75) is 19.3 Å². The molecule has 0 saturated carbocycles. The number of methoxy groups -OCH3 is 2. The summed E-state index contributed by atoms with van der Waals surface area (Å²) in [5.41, 5.74) is 2.05. The maximum absolute atomic E-state index is 12.6. The molecule has 1 aliphatic heterocycles. The van der Waals surface area contributed by atoms with E-state index in [2.05, 4.69) is 10.3 Å². The first kappa shape index (κ1) is 17.1. The number of aromatic nitrogens is 1. The number of hydrogen-bond acceptors (Lipinski definition) is 5. The Hall–Kier alpha value is -2.76. The maximum atomic E-state index is 12.6. The summed E-state index contributed by atoms with van der Waals surface area (Å²) in [5, 5.41) is 3.28. The molecule has 1 saturated heterocycles. The SMILES string of the molecule is COc1ccc(Nc2ccnc(C(=O)N3CCCCC3)c2)c(OC)c1. The molecule has 0 aliphatic carbocycles. The van der Waals surface area contributed by atoms with E-state index in [-0.39, 0.29) is 5.91 Å². The number of nitrogens with zero attached hydrogens (tertiary/aromatic N) is 2. The molecule has 6 nitrogen and oxygen atoms in total. The predicted molar refractivity (Wildman–Crippen MR) is 96.8 cm³/mol. The molecule has 0 spiro atoms. The van der Waals surface area contributed by atoms with Gasteiger partial charge in [-0.15, -0.1) is 0 Å². The van der Waals surface area contributed by atoms with Crippen LogP contribution in [0.1, 0.15) is 29.8 Å². The van der Waals surface area contributed by atoms with E-state index in [9.17, 15) is 4.79 Å². The zero-order valence-electron chi connectivity index (χ0n) is 14.6. The molecule has 3 rings (SSSR count). The standard InChI is InChI=1S/C19H23N3O3/c1-24-15-6-7-16(18(13-15)25-2)21-14-8-9-20-17(12-14)19(23)22-10-4-3-5-11-22/h6-9,12-13H,3-5,10-11H2,1-2H3,(H,20,21). The van der Waals surface area contributed by atoms with Crippen molar-refractivity contribution < 1.29 is 14.3 Å². The first-order valence-corrected chi connectivity index (χ1v) is 8.45. The molecule has 1 aromatic heterocycles. The highest BCUT2D eigenvalue weighted by Gasteiger charge is 2.19. The van der Waals surface area contributed by atoms with Crippen LogP contribution >= 0.6 is 0 Å². The quantitative estimate of drug-likeness (QED) is 0.902. The van der Waals surface area contributed by atoms with Crippen LogP contribution in [-0.4, -0.2) is 43.1 Å². The van der Waals surface area contributed by atoms with Gasteiger partial charge in [0.2, 0.25) is 0 Å².